The van der Waals surface area contributed by atoms with Gasteiger partial charge in [-0.15, -0.1) is 0 Å². The Labute approximate surface area is 118 Å². The van der Waals surface area contributed by atoms with E-state index in [1.54, 1.807) is 0 Å². The molecule has 2 rings (SSSR count). The number of nitrogens with zero attached hydrogens (tertiary/aromatic N) is 1. The number of rotatable bonds is 7. The number of aromatic nitrogens is 2. The predicted molar refractivity (Wildman–Crippen MR) is 79.6 cm³/mol. The Morgan fingerprint density at radius 3 is 2.80 bits per heavy atom. The number of benzene rings is 1. The molecule has 0 saturated carbocycles. The van der Waals surface area contributed by atoms with E-state index in [1.807, 2.05) is 43.5 Å². The molecule has 3 N–H and O–H groups in total. The van der Waals surface area contributed by atoms with Crippen LogP contribution in [0.3, 0.4) is 0 Å². The molecule has 1 aromatic carbocycles. The average molecular weight is 272 g/mol. The molecule has 0 spiro atoms. The van der Waals surface area contributed by atoms with Crippen LogP contribution in [0.15, 0.2) is 36.5 Å². The minimum absolute atomic E-state index is 0.0118. The fraction of sp³-hybridized carbons (Fsp3) is 0.333. The minimum atomic E-state index is 0.0118. The first-order valence-corrected chi connectivity index (χ1v) is 6.80. The highest BCUT2D eigenvalue weighted by molar-refractivity contribution is 5.80. The number of H-pyrrole nitrogens is 1. The van der Waals surface area contributed by atoms with Crippen LogP contribution in [0.1, 0.15) is 17.7 Å². The smallest absolute Gasteiger partial charge is 0.239 e. The summed E-state index contributed by atoms with van der Waals surface area (Å²) in [5.41, 5.74) is 3.26. The first kappa shape index (κ1) is 14.1. The second kappa shape index (κ2) is 7.33. The van der Waals surface area contributed by atoms with Gasteiger partial charge >= 0.3 is 0 Å². The summed E-state index contributed by atoms with van der Waals surface area (Å²) in [6, 6.07) is 9.70. The van der Waals surface area contributed by atoms with Gasteiger partial charge in [-0.2, -0.15) is 5.10 Å². The molecule has 106 valence electrons. The highest BCUT2D eigenvalue weighted by Gasteiger charge is 2.02. The second-order valence-corrected chi connectivity index (χ2v) is 4.69. The van der Waals surface area contributed by atoms with Crippen molar-refractivity contribution >= 4 is 11.6 Å². The van der Waals surface area contributed by atoms with Gasteiger partial charge in [0.2, 0.25) is 5.91 Å². The first-order chi connectivity index (χ1) is 9.75. The molecule has 5 nitrogen and oxygen atoms in total. The zero-order valence-corrected chi connectivity index (χ0v) is 11.6. The molecular weight excluding hydrogens is 252 g/mol. The SMILES string of the molecule is Cc1[nH]ncc1CCCNC(=O)CNc1ccccc1. The third kappa shape index (κ3) is 4.42. The molecule has 1 amide bonds. The largest absolute Gasteiger partial charge is 0.376 e. The molecule has 0 saturated heterocycles. The number of amides is 1. The highest BCUT2D eigenvalue weighted by atomic mass is 16.1. The van der Waals surface area contributed by atoms with Crippen LogP contribution in [0.5, 0.6) is 0 Å². The molecule has 0 aliphatic heterocycles. The van der Waals surface area contributed by atoms with Crippen molar-refractivity contribution in [3.8, 4) is 0 Å². The molecule has 1 heterocycles. The quantitative estimate of drug-likeness (QED) is 0.674. The van der Waals surface area contributed by atoms with Crippen LogP contribution in [0.4, 0.5) is 5.69 Å². The number of carbonyl (C=O) groups excluding carboxylic acids is 1. The second-order valence-electron chi connectivity index (χ2n) is 4.69. The predicted octanol–water partition coefficient (Wildman–Crippen LogP) is 1.88. The van der Waals surface area contributed by atoms with E-state index >= 15 is 0 Å². The van der Waals surface area contributed by atoms with Crippen molar-refractivity contribution < 1.29 is 4.79 Å². The number of aromatic amines is 1. The van der Waals surface area contributed by atoms with Crippen LogP contribution < -0.4 is 10.6 Å². The molecule has 20 heavy (non-hydrogen) atoms. The molecular formula is C15H20N4O. The van der Waals surface area contributed by atoms with E-state index in [4.69, 9.17) is 0 Å². The summed E-state index contributed by atoms with van der Waals surface area (Å²) in [6.07, 6.45) is 3.68. The van der Waals surface area contributed by atoms with Gasteiger partial charge in [-0.05, 0) is 37.5 Å². The molecule has 1 aromatic heterocycles. The van der Waals surface area contributed by atoms with E-state index in [0.717, 1.165) is 24.2 Å². The van der Waals surface area contributed by atoms with Crippen molar-refractivity contribution in [2.24, 2.45) is 0 Å². The molecule has 0 bridgehead atoms. The minimum Gasteiger partial charge on any atom is -0.376 e. The van der Waals surface area contributed by atoms with Gasteiger partial charge in [0.05, 0.1) is 12.7 Å². The molecule has 0 aliphatic carbocycles. The number of nitrogens with one attached hydrogen (secondary N) is 3. The highest BCUT2D eigenvalue weighted by Crippen LogP contribution is 2.05. The zero-order valence-electron chi connectivity index (χ0n) is 11.6. The summed E-state index contributed by atoms with van der Waals surface area (Å²) in [7, 11) is 0. The molecule has 0 fully saturated rings. The van der Waals surface area contributed by atoms with Gasteiger partial charge < -0.3 is 10.6 Å². The summed E-state index contributed by atoms with van der Waals surface area (Å²) in [4.78, 5) is 11.7. The Hall–Kier alpha value is -2.30. The molecule has 0 aliphatic rings. The lowest BCUT2D eigenvalue weighted by molar-refractivity contribution is -0.119. The monoisotopic (exact) mass is 272 g/mol. The molecule has 5 heteroatoms. The summed E-state index contributed by atoms with van der Waals surface area (Å²) in [5.74, 6) is 0.0118. The number of anilines is 1. The average Bonchev–Trinajstić information content (AvgIpc) is 2.88. The number of para-hydroxylation sites is 1. The van der Waals surface area contributed by atoms with Crippen LogP contribution in [-0.2, 0) is 11.2 Å². The standard InChI is InChI=1S/C15H20N4O/c1-12-13(10-18-19-12)6-5-9-16-15(20)11-17-14-7-3-2-4-8-14/h2-4,7-8,10,17H,5-6,9,11H2,1H3,(H,16,20)(H,18,19). The third-order valence-corrected chi connectivity index (χ3v) is 3.11. The van der Waals surface area contributed by atoms with Crippen LogP contribution in [-0.4, -0.2) is 29.2 Å². The summed E-state index contributed by atoms with van der Waals surface area (Å²) < 4.78 is 0. The van der Waals surface area contributed by atoms with Crippen molar-refractivity contribution in [3.63, 3.8) is 0 Å². The third-order valence-electron chi connectivity index (χ3n) is 3.11. The van der Waals surface area contributed by atoms with E-state index < -0.39 is 0 Å². The number of hydrogen-bond acceptors (Lipinski definition) is 3. The number of hydrogen-bond donors (Lipinski definition) is 3. The van der Waals surface area contributed by atoms with Gasteiger partial charge in [0, 0.05) is 17.9 Å². The molecule has 0 atom stereocenters. The lowest BCUT2D eigenvalue weighted by Gasteiger charge is -2.07. The lowest BCUT2D eigenvalue weighted by atomic mass is 10.1. The molecule has 0 radical (unpaired) electrons. The number of aryl methyl sites for hydroxylation is 2. The van der Waals surface area contributed by atoms with Gasteiger partial charge in [-0.25, -0.2) is 0 Å². The van der Waals surface area contributed by atoms with Gasteiger partial charge in [0.25, 0.3) is 0 Å². The maximum Gasteiger partial charge on any atom is 0.239 e. The van der Waals surface area contributed by atoms with Gasteiger partial charge in [0.15, 0.2) is 0 Å². The normalized spacial score (nSPS) is 10.2. The van der Waals surface area contributed by atoms with E-state index in [-0.39, 0.29) is 5.91 Å². The zero-order chi connectivity index (χ0) is 14.2. The van der Waals surface area contributed by atoms with Crippen LogP contribution in [0, 0.1) is 6.92 Å². The Kier molecular flexibility index (Phi) is 5.17. The van der Waals surface area contributed by atoms with Crippen molar-refractivity contribution in [1.82, 2.24) is 15.5 Å². The maximum atomic E-state index is 11.7. The lowest BCUT2D eigenvalue weighted by Crippen LogP contribution is -2.30. The Balaban J connectivity index is 1.60. The summed E-state index contributed by atoms with van der Waals surface area (Å²) >= 11 is 0. The van der Waals surface area contributed by atoms with E-state index in [9.17, 15) is 4.79 Å². The van der Waals surface area contributed by atoms with Gasteiger partial charge in [-0.3, -0.25) is 9.89 Å². The maximum absolute atomic E-state index is 11.7. The van der Waals surface area contributed by atoms with E-state index in [0.29, 0.717) is 13.1 Å². The fourth-order valence-corrected chi connectivity index (χ4v) is 1.94. The van der Waals surface area contributed by atoms with Crippen molar-refractivity contribution in [3.05, 3.63) is 47.8 Å². The van der Waals surface area contributed by atoms with Gasteiger partial charge in [-0.1, -0.05) is 18.2 Å². The Bertz CT molecular complexity index is 536. The Morgan fingerprint density at radius 2 is 2.10 bits per heavy atom. The fourth-order valence-electron chi connectivity index (χ4n) is 1.94. The molecule has 2 aromatic rings. The van der Waals surface area contributed by atoms with E-state index in [1.165, 1.54) is 5.56 Å². The summed E-state index contributed by atoms with van der Waals surface area (Å²) in [6.45, 7) is 2.99. The van der Waals surface area contributed by atoms with Crippen molar-refractivity contribution in [2.75, 3.05) is 18.4 Å². The Morgan fingerprint density at radius 1 is 1.30 bits per heavy atom. The number of carbonyl (C=O) groups is 1. The van der Waals surface area contributed by atoms with Gasteiger partial charge in [0.1, 0.15) is 0 Å². The topological polar surface area (TPSA) is 69.8 Å². The first-order valence-electron chi connectivity index (χ1n) is 6.80. The van der Waals surface area contributed by atoms with E-state index in [2.05, 4.69) is 20.8 Å². The van der Waals surface area contributed by atoms with Crippen LogP contribution >= 0.6 is 0 Å². The van der Waals surface area contributed by atoms with Crippen molar-refractivity contribution in [1.29, 1.82) is 0 Å². The molecule has 0 unspecified atom stereocenters. The van der Waals surface area contributed by atoms with Crippen LogP contribution in [0.2, 0.25) is 0 Å². The van der Waals surface area contributed by atoms with Crippen LogP contribution in [0.25, 0.3) is 0 Å². The van der Waals surface area contributed by atoms with Crippen molar-refractivity contribution in [2.45, 2.75) is 19.8 Å². The summed E-state index contributed by atoms with van der Waals surface area (Å²) in [5, 5.41) is 12.9.